The highest BCUT2D eigenvalue weighted by atomic mass is 127. The largest absolute Gasteiger partial charge is 0.478 e. The molecule has 25 heavy (non-hydrogen) atoms. The third-order valence-corrected chi connectivity index (χ3v) is 4.33. The van der Waals surface area contributed by atoms with E-state index in [9.17, 15) is 0 Å². The summed E-state index contributed by atoms with van der Waals surface area (Å²) in [7, 11) is 3.91. The number of hydrogen-bond acceptors (Lipinski definition) is 4. The highest BCUT2D eigenvalue weighted by Crippen LogP contribution is 2.18. The van der Waals surface area contributed by atoms with Gasteiger partial charge < -0.3 is 19.7 Å². The van der Waals surface area contributed by atoms with Gasteiger partial charge in [-0.1, -0.05) is 0 Å². The normalized spacial score (nSPS) is 15.4. The topological polar surface area (TPSA) is 59.0 Å². The van der Waals surface area contributed by atoms with Gasteiger partial charge in [0.2, 0.25) is 5.88 Å². The molecule has 0 aliphatic carbocycles. The highest BCUT2D eigenvalue weighted by molar-refractivity contribution is 14.0. The number of guanidine groups is 1. The van der Waals surface area contributed by atoms with Crippen molar-refractivity contribution in [2.45, 2.75) is 32.7 Å². The average Bonchev–Trinajstić information content (AvgIpc) is 2.62. The second-order valence-electron chi connectivity index (χ2n) is 6.10. The predicted molar refractivity (Wildman–Crippen MR) is 112 cm³/mol. The summed E-state index contributed by atoms with van der Waals surface area (Å²) in [6.45, 7) is 6.11. The monoisotopic (exact) mass is 462 g/mol. The van der Waals surface area contributed by atoms with Crippen molar-refractivity contribution in [1.82, 2.24) is 15.2 Å². The summed E-state index contributed by atoms with van der Waals surface area (Å²) in [5.41, 5.74) is 1.13. The van der Waals surface area contributed by atoms with E-state index in [1.165, 1.54) is 19.3 Å². The molecule has 1 fully saturated rings. The molecular weight excluding hydrogens is 431 g/mol. The zero-order chi connectivity index (χ0) is 17.2. The minimum Gasteiger partial charge on any atom is -0.478 e. The Morgan fingerprint density at radius 1 is 1.44 bits per heavy atom. The van der Waals surface area contributed by atoms with Crippen molar-refractivity contribution < 1.29 is 9.47 Å². The van der Waals surface area contributed by atoms with E-state index in [1.54, 1.807) is 6.20 Å². The Balaban J connectivity index is 0.00000312. The van der Waals surface area contributed by atoms with Crippen molar-refractivity contribution in [3.63, 3.8) is 0 Å². The lowest BCUT2D eigenvalue weighted by Crippen LogP contribution is -2.39. The van der Waals surface area contributed by atoms with E-state index in [0.29, 0.717) is 19.0 Å². The molecule has 1 N–H and O–H groups in total. The molecular formula is C18H31IN4O2. The van der Waals surface area contributed by atoms with Gasteiger partial charge in [0.1, 0.15) is 0 Å². The van der Waals surface area contributed by atoms with Crippen molar-refractivity contribution >= 4 is 29.9 Å². The Hall–Kier alpha value is -1.09. The molecule has 1 aromatic heterocycles. The number of ether oxygens (including phenoxy) is 2. The Kier molecular flexibility index (Phi) is 10.8. The second kappa shape index (κ2) is 12.3. The lowest BCUT2D eigenvalue weighted by Gasteiger charge is -2.26. The fourth-order valence-corrected chi connectivity index (χ4v) is 2.87. The minimum atomic E-state index is 0. The number of rotatable bonds is 7. The molecule has 0 aromatic carbocycles. The molecule has 0 amide bonds. The predicted octanol–water partition coefficient (Wildman–Crippen LogP) is 2.92. The zero-order valence-corrected chi connectivity index (χ0v) is 17.9. The molecule has 7 heteroatoms. The minimum absolute atomic E-state index is 0. The van der Waals surface area contributed by atoms with E-state index in [0.717, 1.165) is 37.2 Å². The summed E-state index contributed by atoms with van der Waals surface area (Å²) >= 11 is 0. The molecule has 0 spiro atoms. The summed E-state index contributed by atoms with van der Waals surface area (Å²) in [5, 5.41) is 3.41. The average molecular weight is 462 g/mol. The number of nitrogens with zero attached hydrogens (tertiary/aromatic N) is 3. The number of hydrogen-bond donors (Lipinski definition) is 1. The van der Waals surface area contributed by atoms with Crippen LogP contribution in [0.15, 0.2) is 23.3 Å². The Bertz CT molecular complexity index is 522. The molecule has 0 saturated carbocycles. The van der Waals surface area contributed by atoms with E-state index in [2.05, 4.69) is 27.2 Å². The third kappa shape index (κ3) is 7.77. The second-order valence-corrected chi connectivity index (χ2v) is 6.10. The van der Waals surface area contributed by atoms with Crippen LogP contribution >= 0.6 is 24.0 Å². The fraction of sp³-hybridized carbons (Fsp3) is 0.667. The SMILES string of the molecule is CCOc1cc(CNC(=NC)N(C)CCC2CCOCC2)ccn1.I. The van der Waals surface area contributed by atoms with Crippen molar-refractivity contribution in [3.05, 3.63) is 23.9 Å². The van der Waals surface area contributed by atoms with Crippen LogP contribution in [0.3, 0.4) is 0 Å². The maximum Gasteiger partial charge on any atom is 0.213 e. The maximum absolute atomic E-state index is 5.44. The van der Waals surface area contributed by atoms with Crippen LogP contribution in [-0.4, -0.2) is 56.3 Å². The Labute approximate surface area is 168 Å². The van der Waals surface area contributed by atoms with Gasteiger partial charge in [-0.25, -0.2) is 4.98 Å². The van der Waals surface area contributed by atoms with Gasteiger partial charge in [0.05, 0.1) is 6.61 Å². The smallest absolute Gasteiger partial charge is 0.213 e. The zero-order valence-electron chi connectivity index (χ0n) is 15.5. The van der Waals surface area contributed by atoms with E-state index in [4.69, 9.17) is 9.47 Å². The highest BCUT2D eigenvalue weighted by Gasteiger charge is 2.15. The van der Waals surface area contributed by atoms with Crippen LogP contribution in [0.4, 0.5) is 0 Å². The molecule has 142 valence electrons. The first-order valence-corrected chi connectivity index (χ1v) is 8.80. The number of pyridine rings is 1. The van der Waals surface area contributed by atoms with Crippen LogP contribution < -0.4 is 10.1 Å². The molecule has 2 rings (SSSR count). The molecule has 0 atom stereocenters. The molecule has 1 aliphatic rings. The van der Waals surface area contributed by atoms with Gasteiger partial charge in [-0.3, -0.25) is 4.99 Å². The maximum atomic E-state index is 5.44. The quantitative estimate of drug-likeness (QED) is 0.384. The summed E-state index contributed by atoms with van der Waals surface area (Å²) < 4.78 is 10.9. The van der Waals surface area contributed by atoms with E-state index in [-0.39, 0.29) is 24.0 Å². The molecule has 0 unspecified atom stereocenters. The lowest BCUT2D eigenvalue weighted by atomic mass is 9.96. The van der Waals surface area contributed by atoms with E-state index < -0.39 is 0 Å². The molecule has 1 aromatic rings. The van der Waals surface area contributed by atoms with Gasteiger partial charge in [-0.15, -0.1) is 24.0 Å². The van der Waals surface area contributed by atoms with E-state index >= 15 is 0 Å². The lowest BCUT2D eigenvalue weighted by molar-refractivity contribution is 0.0625. The first kappa shape index (κ1) is 22.0. The molecule has 1 aliphatic heterocycles. The number of aliphatic imine (C=N–C) groups is 1. The molecule has 0 bridgehead atoms. The standard InChI is InChI=1S/C18H30N4O2.HI/c1-4-24-17-13-16(5-9-20-17)14-21-18(19-2)22(3)10-6-15-7-11-23-12-8-15;/h5,9,13,15H,4,6-8,10-12,14H2,1-3H3,(H,19,21);1H. The van der Waals surface area contributed by atoms with Gasteiger partial charge in [0.15, 0.2) is 5.96 Å². The molecule has 2 heterocycles. The van der Waals surface area contributed by atoms with Crippen molar-refractivity contribution in [3.8, 4) is 5.88 Å². The van der Waals surface area contributed by atoms with Crippen molar-refractivity contribution in [1.29, 1.82) is 0 Å². The van der Waals surface area contributed by atoms with E-state index in [1.807, 2.05) is 26.1 Å². The van der Waals surface area contributed by atoms with Gasteiger partial charge in [0, 0.05) is 52.7 Å². The summed E-state index contributed by atoms with van der Waals surface area (Å²) in [6.07, 6.45) is 5.32. The van der Waals surface area contributed by atoms with Crippen LogP contribution in [0, 0.1) is 5.92 Å². The molecule has 6 nitrogen and oxygen atoms in total. The molecule has 1 saturated heterocycles. The third-order valence-electron chi connectivity index (χ3n) is 4.33. The summed E-state index contributed by atoms with van der Waals surface area (Å²) in [5.74, 6) is 2.35. The number of nitrogens with one attached hydrogen (secondary N) is 1. The Morgan fingerprint density at radius 3 is 2.88 bits per heavy atom. The first-order valence-electron chi connectivity index (χ1n) is 8.80. The Morgan fingerprint density at radius 2 is 2.20 bits per heavy atom. The summed E-state index contributed by atoms with van der Waals surface area (Å²) in [4.78, 5) is 10.8. The summed E-state index contributed by atoms with van der Waals surface area (Å²) in [6, 6.07) is 3.95. The van der Waals surface area contributed by atoms with Gasteiger partial charge in [0.25, 0.3) is 0 Å². The number of halogens is 1. The van der Waals surface area contributed by atoms with Crippen LogP contribution in [0.25, 0.3) is 0 Å². The number of aromatic nitrogens is 1. The van der Waals surface area contributed by atoms with Gasteiger partial charge >= 0.3 is 0 Å². The van der Waals surface area contributed by atoms with Crippen LogP contribution in [-0.2, 0) is 11.3 Å². The van der Waals surface area contributed by atoms with Crippen LogP contribution in [0.2, 0.25) is 0 Å². The van der Waals surface area contributed by atoms with Gasteiger partial charge in [-0.05, 0) is 43.7 Å². The van der Waals surface area contributed by atoms with Crippen LogP contribution in [0.1, 0.15) is 31.7 Å². The van der Waals surface area contributed by atoms with Gasteiger partial charge in [-0.2, -0.15) is 0 Å². The first-order chi connectivity index (χ1) is 11.7. The van der Waals surface area contributed by atoms with Crippen molar-refractivity contribution in [2.75, 3.05) is 40.5 Å². The fourth-order valence-electron chi connectivity index (χ4n) is 2.87. The van der Waals surface area contributed by atoms with Crippen molar-refractivity contribution in [2.24, 2.45) is 10.9 Å². The molecule has 0 radical (unpaired) electrons. The van der Waals surface area contributed by atoms with Crippen LogP contribution in [0.5, 0.6) is 5.88 Å².